The lowest BCUT2D eigenvalue weighted by Gasteiger charge is -2.40. The predicted octanol–water partition coefficient (Wildman–Crippen LogP) is 3.24. The first-order valence-electron chi connectivity index (χ1n) is 12.8. The summed E-state index contributed by atoms with van der Waals surface area (Å²) >= 11 is 0. The van der Waals surface area contributed by atoms with Crippen molar-refractivity contribution in [3.63, 3.8) is 0 Å². The first-order valence-corrected chi connectivity index (χ1v) is 12.8. The van der Waals surface area contributed by atoms with Crippen LogP contribution in [0.25, 0.3) is 11.5 Å². The largest absolute Gasteiger partial charge is 0.347 e. The second kappa shape index (κ2) is 9.60. The number of para-hydroxylation sites is 1. The molecule has 3 fully saturated rings. The van der Waals surface area contributed by atoms with Crippen molar-refractivity contribution in [3.8, 4) is 11.5 Å². The highest BCUT2D eigenvalue weighted by atomic mass is 16.7. The van der Waals surface area contributed by atoms with Crippen LogP contribution in [-0.4, -0.2) is 75.2 Å². The third-order valence-electron chi connectivity index (χ3n) is 7.65. The summed E-state index contributed by atoms with van der Waals surface area (Å²) in [7, 11) is 0. The van der Waals surface area contributed by atoms with Crippen LogP contribution in [0.2, 0.25) is 0 Å². The average molecular weight is 476 g/mol. The van der Waals surface area contributed by atoms with E-state index in [1.54, 1.807) is 0 Å². The molecular formula is C27H33N5O3. The van der Waals surface area contributed by atoms with E-state index in [0.29, 0.717) is 19.1 Å². The van der Waals surface area contributed by atoms with Crippen molar-refractivity contribution < 1.29 is 14.3 Å². The molecule has 0 unspecified atom stereocenters. The summed E-state index contributed by atoms with van der Waals surface area (Å²) in [5, 5.41) is 4.73. The maximum absolute atomic E-state index is 13.2. The molecule has 3 saturated heterocycles. The van der Waals surface area contributed by atoms with Gasteiger partial charge in [0.2, 0.25) is 5.91 Å². The van der Waals surface area contributed by atoms with Crippen LogP contribution in [0.15, 0.2) is 61.1 Å². The van der Waals surface area contributed by atoms with Crippen molar-refractivity contribution in [2.75, 3.05) is 39.4 Å². The predicted molar refractivity (Wildman–Crippen MR) is 131 cm³/mol. The van der Waals surface area contributed by atoms with Crippen molar-refractivity contribution in [2.24, 2.45) is 5.92 Å². The summed E-state index contributed by atoms with van der Waals surface area (Å²) < 4.78 is 15.8. The van der Waals surface area contributed by atoms with E-state index in [9.17, 15) is 4.79 Å². The molecule has 0 aliphatic carbocycles. The van der Waals surface area contributed by atoms with Crippen molar-refractivity contribution in [1.82, 2.24) is 24.1 Å². The van der Waals surface area contributed by atoms with E-state index in [-0.39, 0.29) is 5.92 Å². The molecule has 6 rings (SSSR count). The zero-order valence-electron chi connectivity index (χ0n) is 20.1. The number of piperidine rings is 2. The lowest BCUT2D eigenvalue weighted by atomic mass is 9.93. The Bertz CT molecular complexity index is 1120. The molecule has 3 aliphatic heterocycles. The summed E-state index contributed by atoms with van der Waals surface area (Å²) in [4.78, 5) is 17.7. The topological polar surface area (TPSA) is 64.8 Å². The number of likely N-dealkylation sites (tertiary alicyclic amines) is 2. The van der Waals surface area contributed by atoms with Gasteiger partial charge in [-0.1, -0.05) is 18.2 Å². The number of carbonyl (C=O) groups excluding carboxylic acids is 1. The summed E-state index contributed by atoms with van der Waals surface area (Å²) in [5.74, 6) is 1.06. The number of amides is 1. The number of hydrogen-bond donors (Lipinski definition) is 0. The van der Waals surface area contributed by atoms with Gasteiger partial charge in [-0.15, -0.1) is 0 Å². The highest BCUT2D eigenvalue weighted by Gasteiger charge is 2.42. The van der Waals surface area contributed by atoms with Gasteiger partial charge in [-0.25, -0.2) is 4.68 Å². The maximum Gasteiger partial charge on any atom is 0.225 e. The van der Waals surface area contributed by atoms with E-state index in [1.165, 1.54) is 5.56 Å². The zero-order chi connectivity index (χ0) is 23.7. The Hall–Kier alpha value is -2.94. The smallest absolute Gasteiger partial charge is 0.225 e. The molecule has 8 heteroatoms. The van der Waals surface area contributed by atoms with E-state index in [4.69, 9.17) is 14.6 Å². The number of carbonyl (C=O) groups is 1. The molecule has 1 amide bonds. The van der Waals surface area contributed by atoms with Crippen LogP contribution in [0.4, 0.5) is 0 Å². The van der Waals surface area contributed by atoms with Gasteiger partial charge in [-0.3, -0.25) is 9.69 Å². The Kier molecular flexibility index (Phi) is 6.18. The maximum atomic E-state index is 13.2. The van der Waals surface area contributed by atoms with E-state index < -0.39 is 5.79 Å². The second-order valence-electron chi connectivity index (χ2n) is 9.81. The molecule has 8 nitrogen and oxygen atoms in total. The highest BCUT2D eigenvalue weighted by molar-refractivity contribution is 5.79. The average Bonchev–Trinajstić information content (AvgIpc) is 3.67. The number of nitrogens with zero attached hydrogens (tertiary/aromatic N) is 5. The number of benzene rings is 1. The van der Waals surface area contributed by atoms with Crippen molar-refractivity contribution in [1.29, 1.82) is 0 Å². The monoisotopic (exact) mass is 475 g/mol. The van der Waals surface area contributed by atoms with Crippen LogP contribution < -0.4 is 0 Å². The third kappa shape index (κ3) is 4.53. The molecule has 0 bridgehead atoms. The molecule has 184 valence electrons. The molecule has 0 atom stereocenters. The van der Waals surface area contributed by atoms with Crippen LogP contribution in [0.5, 0.6) is 0 Å². The SMILES string of the molecule is O=C(C1CCN(Cc2cnn(-c3ccccc3)c2-n2cccc2)CC1)N1CCC2(CC1)OCCO2. The van der Waals surface area contributed by atoms with Crippen LogP contribution in [-0.2, 0) is 20.8 Å². The first-order chi connectivity index (χ1) is 17.2. The number of aromatic nitrogens is 3. The molecule has 3 aromatic rings. The lowest BCUT2D eigenvalue weighted by molar-refractivity contribution is -0.188. The van der Waals surface area contributed by atoms with Gasteiger partial charge in [0.15, 0.2) is 5.79 Å². The first kappa shape index (κ1) is 22.5. The van der Waals surface area contributed by atoms with E-state index in [0.717, 1.165) is 69.9 Å². The van der Waals surface area contributed by atoms with Crippen LogP contribution >= 0.6 is 0 Å². The molecular weight excluding hydrogens is 442 g/mol. The molecule has 0 N–H and O–H groups in total. The summed E-state index contributed by atoms with van der Waals surface area (Å²) in [6, 6.07) is 14.3. The van der Waals surface area contributed by atoms with E-state index in [1.807, 2.05) is 46.1 Å². The third-order valence-corrected chi connectivity index (χ3v) is 7.65. The minimum atomic E-state index is -0.429. The van der Waals surface area contributed by atoms with Gasteiger partial charge in [-0.2, -0.15) is 5.10 Å². The second-order valence-corrected chi connectivity index (χ2v) is 9.81. The van der Waals surface area contributed by atoms with Gasteiger partial charge in [-0.05, 0) is 50.2 Å². The fourth-order valence-corrected chi connectivity index (χ4v) is 5.69. The molecule has 0 saturated carbocycles. The van der Waals surface area contributed by atoms with Crippen molar-refractivity contribution >= 4 is 5.91 Å². The van der Waals surface area contributed by atoms with Gasteiger partial charge in [0.25, 0.3) is 0 Å². The van der Waals surface area contributed by atoms with Crippen molar-refractivity contribution in [2.45, 2.75) is 38.0 Å². The van der Waals surface area contributed by atoms with Crippen molar-refractivity contribution in [3.05, 3.63) is 66.6 Å². The molecule has 0 radical (unpaired) electrons. The zero-order valence-corrected chi connectivity index (χ0v) is 20.1. The highest BCUT2D eigenvalue weighted by Crippen LogP contribution is 2.33. The van der Waals surface area contributed by atoms with Gasteiger partial charge in [0.1, 0.15) is 5.82 Å². The van der Waals surface area contributed by atoms with Crippen LogP contribution in [0.1, 0.15) is 31.2 Å². The molecule has 2 aromatic heterocycles. The minimum Gasteiger partial charge on any atom is -0.347 e. The van der Waals surface area contributed by atoms with E-state index in [2.05, 4.69) is 34.0 Å². The Labute approximate surface area is 206 Å². The summed E-state index contributed by atoms with van der Waals surface area (Å²) in [5.41, 5.74) is 2.23. The quantitative estimate of drug-likeness (QED) is 0.567. The number of hydrogen-bond acceptors (Lipinski definition) is 5. The normalized spacial score (nSPS) is 21.1. The van der Waals surface area contributed by atoms with Gasteiger partial charge >= 0.3 is 0 Å². The van der Waals surface area contributed by atoms with Gasteiger partial charge in [0, 0.05) is 56.4 Å². The fraction of sp³-hybridized carbons (Fsp3) is 0.481. The van der Waals surface area contributed by atoms with Crippen LogP contribution in [0.3, 0.4) is 0 Å². The number of rotatable bonds is 5. The summed E-state index contributed by atoms with van der Waals surface area (Å²) in [6.45, 7) is 5.47. The molecule has 35 heavy (non-hydrogen) atoms. The fourth-order valence-electron chi connectivity index (χ4n) is 5.69. The molecule has 3 aliphatic rings. The Morgan fingerprint density at radius 2 is 1.63 bits per heavy atom. The Balaban J connectivity index is 1.09. The lowest BCUT2D eigenvalue weighted by Crippen LogP contribution is -2.50. The van der Waals surface area contributed by atoms with Gasteiger partial charge < -0.3 is 18.9 Å². The van der Waals surface area contributed by atoms with Gasteiger partial charge in [0.05, 0.1) is 25.1 Å². The molecule has 5 heterocycles. The minimum absolute atomic E-state index is 0.113. The molecule has 1 spiro atoms. The Morgan fingerprint density at radius 1 is 0.943 bits per heavy atom. The van der Waals surface area contributed by atoms with Crippen LogP contribution in [0, 0.1) is 5.92 Å². The summed E-state index contributed by atoms with van der Waals surface area (Å²) in [6.07, 6.45) is 9.48. The molecule has 1 aromatic carbocycles. The number of ether oxygens (including phenoxy) is 2. The Morgan fingerprint density at radius 3 is 2.31 bits per heavy atom. The standard InChI is InChI=1S/C27H33N5O3/c33-26(31-16-10-27(11-17-31)34-18-19-35-27)22-8-14-29(15-9-22)21-23-20-28-32(24-6-2-1-3-7-24)25(23)30-12-4-5-13-30/h1-7,12-13,20,22H,8-11,14-19,21H2. The van der Waals surface area contributed by atoms with E-state index >= 15 is 0 Å².